The van der Waals surface area contributed by atoms with E-state index < -0.39 is 0 Å². The zero-order valence-corrected chi connectivity index (χ0v) is 15.1. The van der Waals surface area contributed by atoms with E-state index in [4.69, 9.17) is 11.6 Å². The number of benzene rings is 1. The molecule has 0 radical (unpaired) electrons. The Balaban J connectivity index is 0.00000220. The van der Waals surface area contributed by atoms with Crippen molar-refractivity contribution in [3.05, 3.63) is 34.9 Å². The third-order valence-electron chi connectivity index (χ3n) is 3.63. The average molecular weight is 369 g/mol. The van der Waals surface area contributed by atoms with Gasteiger partial charge in [-0.15, -0.1) is 24.8 Å². The number of nitrogens with zero attached hydrogens (tertiary/aromatic N) is 2. The van der Waals surface area contributed by atoms with Crippen LogP contribution >= 0.6 is 36.4 Å². The zero-order chi connectivity index (χ0) is 14.4. The van der Waals surface area contributed by atoms with E-state index in [1.807, 2.05) is 24.1 Å². The molecule has 2 rings (SSSR count). The van der Waals surface area contributed by atoms with Crippen LogP contribution in [0.4, 0.5) is 0 Å². The number of rotatable bonds is 5. The van der Waals surface area contributed by atoms with Gasteiger partial charge in [-0.05, 0) is 24.7 Å². The first-order valence-corrected chi connectivity index (χ1v) is 7.46. The summed E-state index contributed by atoms with van der Waals surface area (Å²) in [7, 11) is 1.87. The standard InChI is InChI=1S/C15H22ClN3O.2ClH/c1-17-7-6-15(20)19-10-8-18(9-11-19)12-13-2-4-14(16)5-3-13;;/h2-5,17H,6-12H2,1H3;2*1H. The van der Waals surface area contributed by atoms with Gasteiger partial charge >= 0.3 is 0 Å². The van der Waals surface area contributed by atoms with Crippen LogP contribution in [0, 0.1) is 0 Å². The van der Waals surface area contributed by atoms with Gasteiger partial charge in [-0.2, -0.15) is 0 Å². The maximum atomic E-state index is 11.9. The molecule has 126 valence electrons. The number of carbonyl (C=O) groups is 1. The van der Waals surface area contributed by atoms with Gasteiger partial charge in [0.15, 0.2) is 0 Å². The number of amides is 1. The lowest BCUT2D eigenvalue weighted by Gasteiger charge is -2.34. The minimum absolute atomic E-state index is 0. The van der Waals surface area contributed by atoms with Crippen molar-refractivity contribution >= 4 is 42.3 Å². The first-order valence-electron chi connectivity index (χ1n) is 7.08. The van der Waals surface area contributed by atoms with Gasteiger partial charge in [0.2, 0.25) is 5.91 Å². The molecule has 1 amide bonds. The van der Waals surface area contributed by atoms with Crippen LogP contribution in [0.5, 0.6) is 0 Å². The Kier molecular flexibility index (Phi) is 10.8. The molecule has 1 heterocycles. The monoisotopic (exact) mass is 367 g/mol. The van der Waals surface area contributed by atoms with Crippen LogP contribution in [0.25, 0.3) is 0 Å². The van der Waals surface area contributed by atoms with Crippen molar-refractivity contribution < 1.29 is 4.79 Å². The first-order chi connectivity index (χ1) is 9.69. The molecule has 1 aromatic rings. The Morgan fingerprint density at radius 2 is 1.73 bits per heavy atom. The van der Waals surface area contributed by atoms with Crippen molar-refractivity contribution in [3.8, 4) is 0 Å². The van der Waals surface area contributed by atoms with Crippen molar-refractivity contribution in [2.24, 2.45) is 0 Å². The van der Waals surface area contributed by atoms with Gasteiger partial charge in [0, 0.05) is 50.7 Å². The van der Waals surface area contributed by atoms with E-state index in [-0.39, 0.29) is 30.7 Å². The summed E-state index contributed by atoms with van der Waals surface area (Å²) in [5.41, 5.74) is 1.27. The number of halogens is 3. The molecule has 1 fully saturated rings. The van der Waals surface area contributed by atoms with Crippen molar-refractivity contribution in [3.63, 3.8) is 0 Å². The molecule has 0 atom stereocenters. The highest BCUT2D eigenvalue weighted by atomic mass is 35.5. The minimum Gasteiger partial charge on any atom is -0.340 e. The zero-order valence-electron chi connectivity index (χ0n) is 12.8. The van der Waals surface area contributed by atoms with E-state index in [2.05, 4.69) is 22.3 Å². The second-order valence-electron chi connectivity index (χ2n) is 5.14. The van der Waals surface area contributed by atoms with E-state index in [0.29, 0.717) is 6.42 Å². The van der Waals surface area contributed by atoms with Crippen molar-refractivity contribution in [2.45, 2.75) is 13.0 Å². The number of carbonyl (C=O) groups excluding carboxylic acids is 1. The Labute approximate surface area is 150 Å². The molecule has 0 bridgehead atoms. The highest BCUT2D eigenvalue weighted by molar-refractivity contribution is 6.30. The highest BCUT2D eigenvalue weighted by Crippen LogP contribution is 2.13. The molecule has 1 saturated heterocycles. The highest BCUT2D eigenvalue weighted by Gasteiger charge is 2.20. The number of hydrogen-bond acceptors (Lipinski definition) is 3. The quantitative estimate of drug-likeness (QED) is 0.867. The third kappa shape index (κ3) is 6.71. The van der Waals surface area contributed by atoms with Gasteiger partial charge in [-0.1, -0.05) is 23.7 Å². The number of hydrogen-bond donors (Lipinski definition) is 1. The molecule has 1 N–H and O–H groups in total. The van der Waals surface area contributed by atoms with Crippen LogP contribution in [0.15, 0.2) is 24.3 Å². The molecule has 0 spiro atoms. The summed E-state index contributed by atoms with van der Waals surface area (Å²) in [6.07, 6.45) is 0.591. The van der Waals surface area contributed by atoms with E-state index in [1.165, 1.54) is 5.56 Å². The molecular weight excluding hydrogens is 345 g/mol. The maximum Gasteiger partial charge on any atom is 0.223 e. The lowest BCUT2D eigenvalue weighted by Crippen LogP contribution is -2.48. The number of piperazine rings is 1. The van der Waals surface area contributed by atoms with Crippen LogP contribution in [0.3, 0.4) is 0 Å². The van der Waals surface area contributed by atoms with Crippen molar-refractivity contribution in [1.82, 2.24) is 15.1 Å². The van der Waals surface area contributed by atoms with Crippen molar-refractivity contribution in [2.75, 3.05) is 39.8 Å². The summed E-state index contributed by atoms with van der Waals surface area (Å²) in [6, 6.07) is 7.97. The van der Waals surface area contributed by atoms with Crippen molar-refractivity contribution in [1.29, 1.82) is 0 Å². The SMILES string of the molecule is CNCCC(=O)N1CCN(Cc2ccc(Cl)cc2)CC1.Cl.Cl. The minimum atomic E-state index is 0. The van der Waals surface area contributed by atoms with E-state index in [1.54, 1.807) is 0 Å². The first kappa shape index (κ1) is 21.5. The molecule has 1 aliphatic heterocycles. The summed E-state index contributed by atoms with van der Waals surface area (Å²) < 4.78 is 0. The molecule has 0 saturated carbocycles. The predicted molar refractivity (Wildman–Crippen MR) is 96.3 cm³/mol. The van der Waals surface area contributed by atoms with Gasteiger partial charge in [0.1, 0.15) is 0 Å². The summed E-state index contributed by atoms with van der Waals surface area (Å²) in [5.74, 6) is 0.255. The van der Waals surface area contributed by atoms with Crippen LogP contribution in [-0.4, -0.2) is 55.5 Å². The number of nitrogens with one attached hydrogen (secondary N) is 1. The molecule has 0 unspecified atom stereocenters. The van der Waals surface area contributed by atoms with Gasteiger partial charge < -0.3 is 10.2 Å². The fourth-order valence-electron chi connectivity index (χ4n) is 2.39. The maximum absolute atomic E-state index is 11.9. The van der Waals surface area contributed by atoms with E-state index in [9.17, 15) is 4.79 Å². The van der Waals surface area contributed by atoms with Gasteiger partial charge in [-0.25, -0.2) is 0 Å². The van der Waals surface area contributed by atoms with Crippen LogP contribution in [0.1, 0.15) is 12.0 Å². The van der Waals surface area contributed by atoms with Gasteiger partial charge in [-0.3, -0.25) is 9.69 Å². The van der Waals surface area contributed by atoms with Crippen LogP contribution < -0.4 is 5.32 Å². The Hall–Kier alpha value is -0.520. The molecule has 1 aliphatic rings. The molecule has 0 aromatic heterocycles. The Morgan fingerprint density at radius 1 is 1.14 bits per heavy atom. The molecule has 0 aliphatic carbocycles. The second kappa shape index (κ2) is 11.1. The Bertz CT molecular complexity index is 434. The van der Waals surface area contributed by atoms with Gasteiger partial charge in [0.25, 0.3) is 0 Å². The summed E-state index contributed by atoms with van der Waals surface area (Å²) >= 11 is 5.89. The Morgan fingerprint density at radius 3 is 2.27 bits per heavy atom. The van der Waals surface area contributed by atoms with Gasteiger partial charge in [0.05, 0.1) is 0 Å². The fraction of sp³-hybridized carbons (Fsp3) is 0.533. The molecule has 7 heteroatoms. The normalized spacial score (nSPS) is 14.9. The molecule has 1 aromatic carbocycles. The van der Waals surface area contributed by atoms with E-state index >= 15 is 0 Å². The third-order valence-corrected chi connectivity index (χ3v) is 3.89. The summed E-state index contributed by atoms with van der Waals surface area (Å²) in [5, 5.41) is 3.79. The smallest absolute Gasteiger partial charge is 0.223 e. The molecule has 4 nitrogen and oxygen atoms in total. The lowest BCUT2D eigenvalue weighted by atomic mass is 10.2. The van der Waals surface area contributed by atoms with E-state index in [0.717, 1.165) is 44.3 Å². The molecular formula is C15H24Cl3N3O. The second-order valence-corrected chi connectivity index (χ2v) is 5.57. The summed E-state index contributed by atoms with van der Waals surface area (Å²) in [6.45, 7) is 5.22. The molecule has 22 heavy (non-hydrogen) atoms. The largest absolute Gasteiger partial charge is 0.340 e. The summed E-state index contributed by atoms with van der Waals surface area (Å²) in [4.78, 5) is 16.3. The van der Waals surface area contributed by atoms with Crippen LogP contribution in [0.2, 0.25) is 5.02 Å². The topological polar surface area (TPSA) is 35.6 Å². The fourth-order valence-corrected chi connectivity index (χ4v) is 2.52. The lowest BCUT2D eigenvalue weighted by molar-refractivity contribution is -0.132. The average Bonchev–Trinajstić information content (AvgIpc) is 2.48. The van der Waals surface area contributed by atoms with Crippen LogP contribution in [-0.2, 0) is 11.3 Å². The predicted octanol–water partition coefficient (Wildman–Crippen LogP) is 2.44.